The van der Waals surface area contributed by atoms with Crippen LogP contribution in [0.4, 0.5) is 8.78 Å². The van der Waals surface area contributed by atoms with E-state index in [4.69, 9.17) is 5.73 Å². The van der Waals surface area contributed by atoms with E-state index in [0.717, 1.165) is 18.8 Å². The van der Waals surface area contributed by atoms with Crippen molar-refractivity contribution in [1.82, 2.24) is 0 Å². The molecule has 2 aliphatic rings. The van der Waals surface area contributed by atoms with Crippen molar-refractivity contribution >= 4 is 0 Å². The number of hydrogen-bond acceptors (Lipinski definition) is 1. The highest BCUT2D eigenvalue weighted by Crippen LogP contribution is 2.44. The summed E-state index contributed by atoms with van der Waals surface area (Å²) in [6, 6.07) is 0.257. The van der Waals surface area contributed by atoms with Gasteiger partial charge in [0.05, 0.1) is 0 Å². The third-order valence-corrected chi connectivity index (χ3v) is 4.87. The first-order valence-corrected chi connectivity index (χ1v) is 7.13. The number of alkyl halides is 2. The molecular weight excluding hydrogens is 220 g/mol. The van der Waals surface area contributed by atoms with Gasteiger partial charge in [0.1, 0.15) is 0 Å². The van der Waals surface area contributed by atoms with Gasteiger partial charge >= 0.3 is 0 Å². The molecule has 2 aliphatic carbocycles. The minimum Gasteiger partial charge on any atom is -0.327 e. The van der Waals surface area contributed by atoms with Crippen molar-refractivity contribution in [3.8, 4) is 0 Å². The molecule has 2 rings (SSSR count). The molecule has 4 unspecified atom stereocenters. The van der Waals surface area contributed by atoms with Gasteiger partial charge in [-0.1, -0.05) is 13.3 Å². The highest BCUT2D eigenvalue weighted by molar-refractivity contribution is 4.88. The van der Waals surface area contributed by atoms with Crippen molar-refractivity contribution in [3.63, 3.8) is 0 Å². The van der Waals surface area contributed by atoms with E-state index >= 15 is 0 Å². The van der Waals surface area contributed by atoms with Gasteiger partial charge in [0.15, 0.2) is 0 Å². The van der Waals surface area contributed by atoms with Gasteiger partial charge in [0, 0.05) is 18.9 Å². The van der Waals surface area contributed by atoms with E-state index in [1.807, 2.05) is 0 Å². The quantitative estimate of drug-likeness (QED) is 0.800. The Morgan fingerprint density at radius 2 is 1.94 bits per heavy atom. The Morgan fingerprint density at radius 1 is 1.18 bits per heavy atom. The van der Waals surface area contributed by atoms with E-state index in [1.165, 1.54) is 19.3 Å². The Kier molecular flexibility index (Phi) is 4.06. The standard InChI is InChI=1S/C14H25F2N/c1-2-10-3-4-13(17)12(7-10)8-11-5-6-14(15,16)9-11/h10-13H,2-9,17H2,1H3. The number of nitrogens with two attached hydrogens (primary N) is 1. The molecule has 1 nitrogen and oxygen atoms in total. The molecule has 0 aromatic carbocycles. The molecule has 2 saturated carbocycles. The topological polar surface area (TPSA) is 26.0 Å². The highest BCUT2D eigenvalue weighted by Gasteiger charge is 2.41. The predicted octanol–water partition coefficient (Wildman–Crippen LogP) is 3.97. The largest absolute Gasteiger partial charge is 0.327 e. The van der Waals surface area contributed by atoms with Crippen LogP contribution in [0, 0.1) is 17.8 Å². The van der Waals surface area contributed by atoms with Crippen LogP contribution in [0.15, 0.2) is 0 Å². The molecule has 0 heterocycles. The Bertz CT molecular complexity index is 255. The van der Waals surface area contributed by atoms with Gasteiger partial charge in [-0.15, -0.1) is 0 Å². The van der Waals surface area contributed by atoms with Crippen molar-refractivity contribution in [2.75, 3.05) is 0 Å². The van der Waals surface area contributed by atoms with Crippen LogP contribution < -0.4 is 5.73 Å². The zero-order valence-corrected chi connectivity index (χ0v) is 10.8. The molecule has 4 atom stereocenters. The first-order valence-electron chi connectivity index (χ1n) is 7.13. The molecule has 3 heteroatoms. The Morgan fingerprint density at radius 3 is 2.53 bits per heavy atom. The van der Waals surface area contributed by atoms with E-state index in [0.29, 0.717) is 12.3 Å². The van der Waals surface area contributed by atoms with Crippen molar-refractivity contribution in [2.45, 2.75) is 70.3 Å². The second-order valence-corrected chi connectivity index (χ2v) is 6.21. The average Bonchev–Trinajstić information content (AvgIpc) is 2.61. The summed E-state index contributed by atoms with van der Waals surface area (Å²) in [6.45, 7) is 2.22. The lowest BCUT2D eigenvalue weighted by Crippen LogP contribution is -2.37. The normalized spacial score (nSPS) is 41.6. The van der Waals surface area contributed by atoms with Crippen LogP contribution in [0.1, 0.15) is 58.3 Å². The van der Waals surface area contributed by atoms with Crippen LogP contribution in [0.5, 0.6) is 0 Å². The van der Waals surface area contributed by atoms with E-state index in [9.17, 15) is 8.78 Å². The summed E-state index contributed by atoms with van der Waals surface area (Å²) < 4.78 is 26.3. The maximum Gasteiger partial charge on any atom is 0.248 e. The lowest BCUT2D eigenvalue weighted by Gasteiger charge is -2.35. The summed E-state index contributed by atoms with van der Waals surface area (Å²) in [4.78, 5) is 0. The maximum atomic E-state index is 13.2. The minimum absolute atomic E-state index is 0.0941. The molecule has 0 radical (unpaired) electrons. The lowest BCUT2D eigenvalue weighted by atomic mass is 9.73. The summed E-state index contributed by atoms with van der Waals surface area (Å²) in [5.74, 6) is -0.904. The van der Waals surface area contributed by atoms with Crippen LogP contribution in [0.3, 0.4) is 0 Å². The first kappa shape index (κ1) is 13.3. The third kappa shape index (κ3) is 3.40. The van der Waals surface area contributed by atoms with Crippen molar-refractivity contribution in [1.29, 1.82) is 0 Å². The number of rotatable bonds is 3. The van der Waals surface area contributed by atoms with E-state index in [2.05, 4.69) is 6.92 Å². The summed E-state index contributed by atoms with van der Waals surface area (Å²) in [7, 11) is 0. The molecule has 2 fully saturated rings. The summed E-state index contributed by atoms with van der Waals surface area (Å²) in [6.07, 6.45) is 6.54. The predicted molar refractivity (Wildman–Crippen MR) is 66.0 cm³/mol. The molecule has 0 aliphatic heterocycles. The fourth-order valence-electron chi connectivity index (χ4n) is 3.70. The van der Waals surface area contributed by atoms with E-state index < -0.39 is 5.92 Å². The van der Waals surface area contributed by atoms with Crippen LogP contribution in [-0.4, -0.2) is 12.0 Å². The number of hydrogen-bond donors (Lipinski definition) is 1. The van der Waals surface area contributed by atoms with Crippen LogP contribution in [-0.2, 0) is 0 Å². The van der Waals surface area contributed by atoms with Gasteiger partial charge in [-0.3, -0.25) is 0 Å². The monoisotopic (exact) mass is 245 g/mol. The Hall–Kier alpha value is -0.180. The molecule has 0 aromatic rings. The fraction of sp³-hybridized carbons (Fsp3) is 1.00. The fourth-order valence-corrected chi connectivity index (χ4v) is 3.70. The zero-order valence-electron chi connectivity index (χ0n) is 10.8. The second kappa shape index (κ2) is 5.21. The third-order valence-electron chi connectivity index (χ3n) is 4.87. The summed E-state index contributed by atoms with van der Waals surface area (Å²) in [5.41, 5.74) is 6.15. The van der Waals surface area contributed by atoms with E-state index in [-0.39, 0.29) is 24.8 Å². The molecule has 0 spiro atoms. The number of halogens is 2. The van der Waals surface area contributed by atoms with Gasteiger partial charge in [-0.25, -0.2) is 8.78 Å². The molecule has 2 N–H and O–H groups in total. The van der Waals surface area contributed by atoms with Crippen LogP contribution >= 0.6 is 0 Å². The van der Waals surface area contributed by atoms with Gasteiger partial charge in [0.2, 0.25) is 5.92 Å². The zero-order chi connectivity index (χ0) is 12.5. The second-order valence-electron chi connectivity index (χ2n) is 6.21. The van der Waals surface area contributed by atoms with Crippen molar-refractivity contribution in [3.05, 3.63) is 0 Å². The van der Waals surface area contributed by atoms with Gasteiger partial charge in [0.25, 0.3) is 0 Å². The minimum atomic E-state index is -2.40. The Balaban J connectivity index is 1.85. The van der Waals surface area contributed by atoms with E-state index in [1.54, 1.807) is 0 Å². The van der Waals surface area contributed by atoms with Gasteiger partial charge in [-0.2, -0.15) is 0 Å². The molecule has 0 aromatic heterocycles. The first-order chi connectivity index (χ1) is 8.00. The van der Waals surface area contributed by atoms with Gasteiger partial charge in [-0.05, 0) is 49.9 Å². The highest BCUT2D eigenvalue weighted by atomic mass is 19.3. The lowest BCUT2D eigenvalue weighted by molar-refractivity contribution is 0.00338. The van der Waals surface area contributed by atoms with Crippen LogP contribution in [0.25, 0.3) is 0 Å². The molecule has 17 heavy (non-hydrogen) atoms. The van der Waals surface area contributed by atoms with Crippen molar-refractivity contribution in [2.24, 2.45) is 23.5 Å². The average molecular weight is 245 g/mol. The molecule has 0 amide bonds. The maximum absolute atomic E-state index is 13.2. The van der Waals surface area contributed by atoms with Crippen LogP contribution in [0.2, 0.25) is 0 Å². The van der Waals surface area contributed by atoms with Crippen molar-refractivity contribution < 1.29 is 8.78 Å². The molecule has 100 valence electrons. The Labute approximate surface area is 103 Å². The molecule has 0 bridgehead atoms. The van der Waals surface area contributed by atoms with Gasteiger partial charge < -0.3 is 5.73 Å². The smallest absolute Gasteiger partial charge is 0.248 e. The summed E-state index contributed by atoms with van der Waals surface area (Å²) in [5, 5.41) is 0. The summed E-state index contributed by atoms with van der Waals surface area (Å²) >= 11 is 0. The molecule has 0 saturated heterocycles. The SMILES string of the molecule is CCC1CCC(N)C(CC2CCC(F)(F)C2)C1. The molecular formula is C14H25F2N.